The number of benzene rings is 1. The van der Waals surface area contributed by atoms with Gasteiger partial charge in [0.1, 0.15) is 5.01 Å². The number of hydrogen-bond donors (Lipinski definition) is 2. The molecular formula is C13H16N4O3S2. The highest BCUT2D eigenvalue weighted by molar-refractivity contribution is 7.92. The minimum atomic E-state index is -3.40. The summed E-state index contributed by atoms with van der Waals surface area (Å²) in [4.78, 5) is 12.2. The lowest BCUT2D eigenvalue weighted by atomic mass is 10.1. The molecule has 1 heterocycles. The van der Waals surface area contributed by atoms with Crippen LogP contribution in [0, 0.1) is 6.92 Å². The van der Waals surface area contributed by atoms with Crippen molar-refractivity contribution >= 4 is 38.1 Å². The van der Waals surface area contributed by atoms with Gasteiger partial charge in [-0.2, -0.15) is 0 Å². The van der Waals surface area contributed by atoms with E-state index in [4.69, 9.17) is 0 Å². The van der Waals surface area contributed by atoms with E-state index in [-0.39, 0.29) is 5.91 Å². The Morgan fingerprint density at radius 1 is 1.32 bits per heavy atom. The summed E-state index contributed by atoms with van der Waals surface area (Å²) in [6.45, 7) is 3.71. The fourth-order valence-electron chi connectivity index (χ4n) is 1.69. The van der Waals surface area contributed by atoms with Crippen LogP contribution in [0.5, 0.6) is 0 Å². The lowest BCUT2D eigenvalue weighted by molar-refractivity contribution is 0.102. The average molecular weight is 340 g/mol. The third-order valence-corrected chi connectivity index (χ3v) is 4.36. The quantitative estimate of drug-likeness (QED) is 0.867. The lowest BCUT2D eigenvalue weighted by Gasteiger charge is -2.09. The smallest absolute Gasteiger partial charge is 0.257 e. The van der Waals surface area contributed by atoms with Crippen molar-refractivity contribution in [2.45, 2.75) is 20.3 Å². The predicted molar refractivity (Wildman–Crippen MR) is 86.9 cm³/mol. The molecule has 2 aromatic rings. The van der Waals surface area contributed by atoms with E-state index < -0.39 is 10.0 Å². The molecule has 118 valence electrons. The molecule has 0 aliphatic heterocycles. The largest absolute Gasteiger partial charge is 0.296 e. The van der Waals surface area contributed by atoms with Crippen molar-refractivity contribution in [3.8, 4) is 0 Å². The Hall–Kier alpha value is -2.00. The second-order valence-corrected chi connectivity index (χ2v) is 7.52. The number of carbonyl (C=O) groups excluding carboxylic acids is 1. The maximum Gasteiger partial charge on any atom is 0.257 e. The zero-order chi connectivity index (χ0) is 16.3. The number of hydrogen-bond acceptors (Lipinski definition) is 6. The Morgan fingerprint density at radius 2 is 2.05 bits per heavy atom. The van der Waals surface area contributed by atoms with Crippen molar-refractivity contribution in [3.05, 3.63) is 34.3 Å². The van der Waals surface area contributed by atoms with Crippen molar-refractivity contribution in [3.63, 3.8) is 0 Å². The van der Waals surface area contributed by atoms with Crippen LogP contribution in [0.4, 0.5) is 10.8 Å². The molecule has 2 rings (SSSR count). The van der Waals surface area contributed by atoms with Gasteiger partial charge in [-0.3, -0.25) is 14.8 Å². The predicted octanol–water partition coefficient (Wildman–Crippen LogP) is 2.03. The Kier molecular flexibility index (Phi) is 4.77. The molecule has 22 heavy (non-hydrogen) atoms. The van der Waals surface area contributed by atoms with Crippen molar-refractivity contribution in [2.24, 2.45) is 0 Å². The number of nitrogens with one attached hydrogen (secondary N) is 2. The Balaban J connectivity index is 2.21. The van der Waals surface area contributed by atoms with Gasteiger partial charge in [0.2, 0.25) is 15.2 Å². The number of rotatable bonds is 5. The highest BCUT2D eigenvalue weighted by Gasteiger charge is 2.13. The molecule has 1 aromatic heterocycles. The van der Waals surface area contributed by atoms with Gasteiger partial charge in [-0.1, -0.05) is 24.3 Å². The van der Waals surface area contributed by atoms with Crippen LogP contribution in [0.15, 0.2) is 18.2 Å². The molecule has 2 N–H and O–H groups in total. The topological polar surface area (TPSA) is 101 Å². The highest BCUT2D eigenvalue weighted by atomic mass is 32.2. The average Bonchev–Trinajstić information content (AvgIpc) is 2.87. The van der Waals surface area contributed by atoms with Crippen LogP contribution in [-0.2, 0) is 16.4 Å². The monoisotopic (exact) mass is 340 g/mol. The summed E-state index contributed by atoms with van der Waals surface area (Å²) < 4.78 is 25.1. The van der Waals surface area contributed by atoms with E-state index in [9.17, 15) is 13.2 Å². The molecule has 0 atom stereocenters. The van der Waals surface area contributed by atoms with Crippen LogP contribution in [-0.4, -0.2) is 30.8 Å². The molecule has 0 saturated heterocycles. The number of anilines is 2. The summed E-state index contributed by atoms with van der Waals surface area (Å²) in [5, 5.41) is 11.7. The molecule has 0 saturated carbocycles. The van der Waals surface area contributed by atoms with Gasteiger partial charge in [0.25, 0.3) is 5.91 Å². The van der Waals surface area contributed by atoms with E-state index in [1.165, 1.54) is 17.4 Å². The van der Waals surface area contributed by atoms with E-state index in [1.54, 1.807) is 19.1 Å². The maximum atomic E-state index is 12.2. The van der Waals surface area contributed by atoms with Gasteiger partial charge in [0, 0.05) is 5.56 Å². The molecule has 0 aliphatic carbocycles. The minimum Gasteiger partial charge on any atom is -0.296 e. The van der Waals surface area contributed by atoms with Crippen LogP contribution >= 0.6 is 11.3 Å². The van der Waals surface area contributed by atoms with Crippen LogP contribution < -0.4 is 10.0 Å². The SMILES string of the molecule is CCc1nnc(NC(=O)c2ccc(C)c(NS(C)(=O)=O)c2)s1. The molecule has 0 radical (unpaired) electrons. The molecule has 7 nitrogen and oxygen atoms in total. The second kappa shape index (κ2) is 6.41. The van der Waals surface area contributed by atoms with Crippen molar-refractivity contribution in [1.29, 1.82) is 0 Å². The van der Waals surface area contributed by atoms with Crippen LogP contribution in [0.3, 0.4) is 0 Å². The van der Waals surface area contributed by atoms with Gasteiger partial charge in [-0.25, -0.2) is 8.42 Å². The molecule has 0 unspecified atom stereocenters. The van der Waals surface area contributed by atoms with Crippen molar-refractivity contribution in [1.82, 2.24) is 10.2 Å². The molecular weight excluding hydrogens is 324 g/mol. The molecule has 0 aliphatic rings. The molecule has 1 aromatic carbocycles. The fourth-order valence-corrected chi connectivity index (χ4v) is 2.98. The zero-order valence-electron chi connectivity index (χ0n) is 12.4. The Labute approximate surface area is 132 Å². The lowest BCUT2D eigenvalue weighted by Crippen LogP contribution is -2.14. The summed E-state index contributed by atoms with van der Waals surface area (Å²) in [6, 6.07) is 4.80. The number of nitrogens with zero attached hydrogens (tertiary/aromatic N) is 2. The van der Waals surface area contributed by atoms with Crippen LogP contribution in [0.2, 0.25) is 0 Å². The maximum absolute atomic E-state index is 12.2. The van der Waals surface area contributed by atoms with Gasteiger partial charge in [0.15, 0.2) is 0 Å². The van der Waals surface area contributed by atoms with Gasteiger partial charge < -0.3 is 0 Å². The number of amides is 1. The number of carbonyl (C=O) groups is 1. The first-order chi connectivity index (χ1) is 10.3. The summed E-state index contributed by atoms with van der Waals surface area (Å²) >= 11 is 1.31. The van der Waals surface area contributed by atoms with E-state index in [1.807, 2.05) is 6.92 Å². The third kappa shape index (κ3) is 4.25. The third-order valence-electron chi connectivity index (χ3n) is 2.78. The van der Waals surface area contributed by atoms with Crippen molar-refractivity contribution < 1.29 is 13.2 Å². The summed E-state index contributed by atoms with van der Waals surface area (Å²) in [5.74, 6) is -0.365. The zero-order valence-corrected chi connectivity index (χ0v) is 14.0. The van der Waals surface area contributed by atoms with Gasteiger partial charge in [0.05, 0.1) is 11.9 Å². The van der Waals surface area contributed by atoms with Gasteiger partial charge in [-0.05, 0) is 31.0 Å². The fraction of sp³-hybridized carbons (Fsp3) is 0.308. The summed E-state index contributed by atoms with van der Waals surface area (Å²) in [6.07, 6.45) is 1.81. The van der Waals surface area contributed by atoms with E-state index in [2.05, 4.69) is 20.2 Å². The van der Waals surface area contributed by atoms with E-state index in [0.29, 0.717) is 16.4 Å². The van der Waals surface area contributed by atoms with Gasteiger partial charge >= 0.3 is 0 Å². The number of sulfonamides is 1. The first-order valence-electron chi connectivity index (χ1n) is 6.50. The summed E-state index contributed by atoms with van der Waals surface area (Å²) in [7, 11) is -3.40. The highest BCUT2D eigenvalue weighted by Crippen LogP contribution is 2.20. The normalized spacial score (nSPS) is 11.2. The summed E-state index contributed by atoms with van der Waals surface area (Å²) in [5.41, 5.74) is 1.44. The van der Waals surface area contributed by atoms with E-state index in [0.717, 1.165) is 23.2 Å². The first-order valence-corrected chi connectivity index (χ1v) is 9.21. The number of aromatic nitrogens is 2. The van der Waals surface area contributed by atoms with E-state index >= 15 is 0 Å². The van der Waals surface area contributed by atoms with Crippen molar-refractivity contribution in [2.75, 3.05) is 16.3 Å². The standard InChI is InChI=1S/C13H16N4O3S2/c1-4-11-15-16-13(21-11)14-12(18)9-6-5-8(2)10(7-9)17-22(3,19)20/h5-7,17H,4H2,1-3H3,(H,14,16,18). The first kappa shape index (κ1) is 16.4. The molecule has 0 spiro atoms. The molecule has 0 fully saturated rings. The molecule has 0 bridgehead atoms. The van der Waals surface area contributed by atoms with Gasteiger partial charge in [-0.15, -0.1) is 10.2 Å². The molecule has 9 heteroatoms. The number of aryl methyl sites for hydroxylation is 2. The molecule has 1 amide bonds. The Morgan fingerprint density at radius 3 is 2.64 bits per heavy atom. The Bertz CT molecular complexity index is 799. The van der Waals surface area contributed by atoms with Crippen LogP contribution in [0.25, 0.3) is 0 Å². The second-order valence-electron chi connectivity index (χ2n) is 4.71. The minimum absolute atomic E-state index is 0.338. The van der Waals surface area contributed by atoms with Crippen LogP contribution in [0.1, 0.15) is 27.9 Å².